The zero-order valence-corrected chi connectivity index (χ0v) is 11.9. The van der Waals surface area contributed by atoms with Gasteiger partial charge in [-0.2, -0.15) is 0 Å². The number of hydrogen-bond donors (Lipinski definition) is 1. The summed E-state index contributed by atoms with van der Waals surface area (Å²) >= 11 is 0. The molecule has 1 heterocycles. The summed E-state index contributed by atoms with van der Waals surface area (Å²) in [5.74, 6) is 0.948. The largest absolute Gasteiger partial charge is 0.494 e. The topological polar surface area (TPSA) is 24.5 Å². The Hall–Kier alpha value is -1.22. The molecule has 1 atom stereocenters. The Morgan fingerprint density at radius 1 is 1.33 bits per heavy atom. The lowest BCUT2D eigenvalue weighted by molar-refractivity contribution is 0.340. The molecule has 1 fully saturated rings. The highest BCUT2D eigenvalue weighted by Gasteiger charge is 2.37. The van der Waals surface area contributed by atoms with Gasteiger partial charge in [-0.05, 0) is 58.5 Å². The summed E-state index contributed by atoms with van der Waals surface area (Å²) in [6.07, 6.45) is 1.18. The Labute approximate surface area is 110 Å². The quantitative estimate of drug-likeness (QED) is 0.886. The third kappa shape index (κ3) is 2.61. The van der Waals surface area contributed by atoms with Crippen LogP contribution in [0.25, 0.3) is 0 Å². The van der Waals surface area contributed by atoms with Gasteiger partial charge in [-0.3, -0.25) is 0 Å². The van der Waals surface area contributed by atoms with E-state index in [0.29, 0.717) is 6.04 Å². The summed E-state index contributed by atoms with van der Waals surface area (Å²) in [5, 5.41) is 3.38. The lowest BCUT2D eigenvalue weighted by atomic mass is 10.00. The first-order valence-electron chi connectivity index (χ1n) is 6.74. The van der Waals surface area contributed by atoms with Crippen molar-refractivity contribution in [3.8, 4) is 5.75 Å². The van der Waals surface area contributed by atoms with Crippen LogP contribution >= 0.6 is 0 Å². The third-order valence-electron chi connectivity index (χ3n) is 3.75. The van der Waals surface area contributed by atoms with E-state index in [9.17, 15) is 0 Å². The highest BCUT2D eigenvalue weighted by Crippen LogP contribution is 2.34. The Kier molecular flexibility index (Phi) is 3.81. The average Bonchev–Trinajstić information content (AvgIpc) is 2.66. The van der Waals surface area contributed by atoms with Gasteiger partial charge in [0.05, 0.1) is 6.61 Å². The highest BCUT2D eigenvalue weighted by molar-refractivity contribution is 5.52. The maximum Gasteiger partial charge on any atom is 0.119 e. The van der Waals surface area contributed by atoms with Gasteiger partial charge in [0.25, 0.3) is 0 Å². The Morgan fingerprint density at radius 3 is 2.50 bits per heavy atom. The fraction of sp³-hybridized carbons (Fsp3) is 0.600. The van der Waals surface area contributed by atoms with Crippen molar-refractivity contribution < 1.29 is 4.74 Å². The molecule has 1 aliphatic heterocycles. The van der Waals surface area contributed by atoms with Crippen LogP contribution in [0.1, 0.15) is 27.2 Å². The van der Waals surface area contributed by atoms with E-state index in [2.05, 4.69) is 48.3 Å². The van der Waals surface area contributed by atoms with E-state index in [1.54, 1.807) is 0 Å². The summed E-state index contributed by atoms with van der Waals surface area (Å²) < 4.78 is 5.49. The number of nitrogens with zero attached hydrogens (tertiary/aromatic N) is 1. The van der Waals surface area contributed by atoms with Crippen molar-refractivity contribution in [2.45, 2.75) is 38.8 Å². The molecule has 3 heteroatoms. The molecule has 1 aliphatic rings. The van der Waals surface area contributed by atoms with Crippen LogP contribution in [-0.4, -0.2) is 31.8 Å². The Bertz CT molecular complexity index is 386. The van der Waals surface area contributed by atoms with Crippen LogP contribution in [0, 0.1) is 0 Å². The maximum absolute atomic E-state index is 5.49. The molecule has 3 nitrogen and oxygen atoms in total. The standard InChI is InChI=1S/C15H24N2O/c1-5-18-14-8-6-13(7-9-14)17-11-12(16-4)10-15(17,2)3/h6-9,12,16H,5,10-11H2,1-4H3. The van der Waals surface area contributed by atoms with Crippen LogP contribution in [0.3, 0.4) is 0 Å². The summed E-state index contributed by atoms with van der Waals surface area (Å²) in [6.45, 7) is 8.41. The molecule has 1 N–H and O–H groups in total. The summed E-state index contributed by atoms with van der Waals surface area (Å²) in [5.41, 5.74) is 1.49. The number of benzene rings is 1. The minimum Gasteiger partial charge on any atom is -0.494 e. The number of likely N-dealkylation sites (N-methyl/N-ethyl adjacent to an activating group) is 1. The molecule has 2 rings (SSSR count). The van der Waals surface area contributed by atoms with E-state index in [0.717, 1.165) is 18.9 Å². The van der Waals surface area contributed by atoms with Gasteiger partial charge >= 0.3 is 0 Å². The second kappa shape index (κ2) is 5.19. The number of ether oxygens (including phenoxy) is 1. The summed E-state index contributed by atoms with van der Waals surface area (Å²) in [6, 6.07) is 9.00. The molecule has 1 saturated heterocycles. The van der Waals surface area contributed by atoms with Crippen molar-refractivity contribution in [2.24, 2.45) is 0 Å². The number of hydrogen-bond acceptors (Lipinski definition) is 3. The minimum absolute atomic E-state index is 0.209. The zero-order chi connectivity index (χ0) is 13.2. The molecule has 1 aromatic rings. The molecular weight excluding hydrogens is 224 g/mol. The second-order valence-corrected chi connectivity index (χ2v) is 5.54. The van der Waals surface area contributed by atoms with Gasteiger partial charge in [0.15, 0.2) is 0 Å². The maximum atomic E-state index is 5.49. The van der Waals surface area contributed by atoms with E-state index >= 15 is 0 Å². The first-order chi connectivity index (χ1) is 8.56. The molecule has 0 spiro atoms. The van der Waals surface area contributed by atoms with Crippen molar-refractivity contribution in [3.05, 3.63) is 24.3 Å². The van der Waals surface area contributed by atoms with Gasteiger partial charge in [0, 0.05) is 23.8 Å². The van der Waals surface area contributed by atoms with Crippen molar-refractivity contribution in [2.75, 3.05) is 25.1 Å². The third-order valence-corrected chi connectivity index (χ3v) is 3.75. The van der Waals surface area contributed by atoms with Gasteiger partial charge < -0.3 is 15.0 Å². The number of rotatable bonds is 4. The van der Waals surface area contributed by atoms with Gasteiger partial charge in [-0.25, -0.2) is 0 Å². The molecule has 0 aliphatic carbocycles. The van der Waals surface area contributed by atoms with Gasteiger partial charge in [0.1, 0.15) is 5.75 Å². The molecule has 0 radical (unpaired) electrons. The van der Waals surface area contributed by atoms with E-state index in [-0.39, 0.29) is 5.54 Å². The molecule has 0 amide bonds. The van der Waals surface area contributed by atoms with Crippen LogP contribution in [0.5, 0.6) is 5.75 Å². The van der Waals surface area contributed by atoms with E-state index in [1.807, 2.05) is 14.0 Å². The molecular formula is C15H24N2O. The lowest BCUT2D eigenvalue weighted by Gasteiger charge is -2.33. The van der Waals surface area contributed by atoms with Gasteiger partial charge in [-0.1, -0.05) is 0 Å². The summed E-state index contributed by atoms with van der Waals surface area (Å²) in [4.78, 5) is 2.48. The molecule has 0 aromatic heterocycles. The first kappa shape index (κ1) is 13.2. The molecule has 0 saturated carbocycles. The van der Waals surface area contributed by atoms with Gasteiger partial charge in [0.2, 0.25) is 0 Å². The molecule has 1 aromatic carbocycles. The first-order valence-corrected chi connectivity index (χ1v) is 6.74. The van der Waals surface area contributed by atoms with Crippen LogP contribution in [0.15, 0.2) is 24.3 Å². The Balaban J connectivity index is 2.15. The van der Waals surface area contributed by atoms with Crippen molar-refractivity contribution >= 4 is 5.69 Å². The SMILES string of the molecule is CCOc1ccc(N2CC(NC)CC2(C)C)cc1. The van der Waals surface area contributed by atoms with Gasteiger partial charge in [-0.15, -0.1) is 0 Å². The molecule has 1 unspecified atom stereocenters. The van der Waals surface area contributed by atoms with E-state index < -0.39 is 0 Å². The average molecular weight is 248 g/mol. The molecule has 100 valence electrons. The summed E-state index contributed by atoms with van der Waals surface area (Å²) in [7, 11) is 2.04. The smallest absolute Gasteiger partial charge is 0.119 e. The number of nitrogens with one attached hydrogen (secondary N) is 1. The fourth-order valence-corrected chi connectivity index (χ4v) is 2.78. The van der Waals surface area contributed by atoms with Crippen molar-refractivity contribution in [1.29, 1.82) is 0 Å². The predicted molar refractivity (Wildman–Crippen MR) is 76.5 cm³/mol. The van der Waals surface area contributed by atoms with Crippen LogP contribution < -0.4 is 15.0 Å². The fourth-order valence-electron chi connectivity index (χ4n) is 2.78. The van der Waals surface area contributed by atoms with Crippen LogP contribution in [-0.2, 0) is 0 Å². The monoisotopic (exact) mass is 248 g/mol. The predicted octanol–water partition coefficient (Wildman–Crippen LogP) is 2.66. The van der Waals surface area contributed by atoms with Crippen molar-refractivity contribution in [1.82, 2.24) is 5.32 Å². The minimum atomic E-state index is 0.209. The normalized spacial score (nSPS) is 22.2. The van der Waals surface area contributed by atoms with E-state index in [4.69, 9.17) is 4.74 Å². The zero-order valence-electron chi connectivity index (χ0n) is 11.9. The molecule has 0 bridgehead atoms. The highest BCUT2D eigenvalue weighted by atomic mass is 16.5. The molecule has 18 heavy (non-hydrogen) atoms. The van der Waals surface area contributed by atoms with Crippen LogP contribution in [0.4, 0.5) is 5.69 Å². The second-order valence-electron chi connectivity index (χ2n) is 5.54. The lowest BCUT2D eigenvalue weighted by Crippen LogP contribution is -2.38. The van der Waals surface area contributed by atoms with E-state index in [1.165, 1.54) is 12.1 Å². The van der Waals surface area contributed by atoms with Crippen molar-refractivity contribution in [3.63, 3.8) is 0 Å². The Morgan fingerprint density at radius 2 is 2.00 bits per heavy atom. The van der Waals surface area contributed by atoms with Crippen LogP contribution in [0.2, 0.25) is 0 Å². The number of anilines is 1.